The molecule has 0 unspecified atom stereocenters. The summed E-state index contributed by atoms with van der Waals surface area (Å²) in [6.07, 6.45) is 1.92. The zero-order valence-corrected chi connectivity index (χ0v) is 15.8. The van der Waals surface area contributed by atoms with E-state index in [0.717, 1.165) is 25.0 Å². The highest BCUT2D eigenvalue weighted by molar-refractivity contribution is 6.31. The zero-order valence-electron chi connectivity index (χ0n) is 15.0. The van der Waals surface area contributed by atoms with Gasteiger partial charge in [-0.3, -0.25) is 19.7 Å². The highest BCUT2D eigenvalue weighted by atomic mass is 35.5. The van der Waals surface area contributed by atoms with Gasteiger partial charge < -0.3 is 15.4 Å². The fourth-order valence-corrected chi connectivity index (χ4v) is 2.64. The van der Waals surface area contributed by atoms with Gasteiger partial charge in [-0.2, -0.15) is 0 Å². The van der Waals surface area contributed by atoms with Crippen LogP contribution in [0.25, 0.3) is 0 Å². The lowest BCUT2D eigenvalue weighted by Crippen LogP contribution is -2.25. The lowest BCUT2D eigenvalue weighted by Gasteiger charge is -2.09. The van der Waals surface area contributed by atoms with Crippen LogP contribution in [0.4, 0.5) is 11.4 Å². The SMILES string of the molecule is O=C(COC(=O)c1ccc(Cl)cc1[N+](=O)[O-])Nc1cccc(C(=O)NC2CC2)c1. The fraction of sp³-hybridized carbons (Fsp3) is 0.211. The number of esters is 1. The van der Waals surface area contributed by atoms with Crippen LogP contribution in [-0.2, 0) is 9.53 Å². The largest absolute Gasteiger partial charge is 0.452 e. The van der Waals surface area contributed by atoms with Crippen LogP contribution in [0.3, 0.4) is 0 Å². The second kappa shape index (κ2) is 8.70. The molecule has 2 aromatic rings. The van der Waals surface area contributed by atoms with Crippen molar-refractivity contribution in [2.75, 3.05) is 11.9 Å². The van der Waals surface area contributed by atoms with Gasteiger partial charge in [0.2, 0.25) is 0 Å². The summed E-state index contributed by atoms with van der Waals surface area (Å²) in [6, 6.07) is 10.0. The second-order valence-corrected chi connectivity index (χ2v) is 6.81. The average molecular weight is 418 g/mol. The molecule has 1 aliphatic carbocycles. The number of nitro groups is 1. The second-order valence-electron chi connectivity index (χ2n) is 6.37. The van der Waals surface area contributed by atoms with E-state index >= 15 is 0 Å². The van der Waals surface area contributed by atoms with Crippen LogP contribution in [0.2, 0.25) is 5.02 Å². The van der Waals surface area contributed by atoms with Crippen LogP contribution in [-0.4, -0.2) is 35.4 Å². The molecule has 10 heteroatoms. The Labute approximate surface area is 170 Å². The first kappa shape index (κ1) is 20.3. The Morgan fingerprint density at radius 2 is 1.93 bits per heavy atom. The van der Waals surface area contributed by atoms with Crippen molar-refractivity contribution in [2.24, 2.45) is 0 Å². The number of nitrogens with one attached hydrogen (secondary N) is 2. The molecule has 0 heterocycles. The number of nitro benzene ring substituents is 1. The third kappa shape index (κ3) is 5.52. The van der Waals surface area contributed by atoms with Gasteiger partial charge >= 0.3 is 5.97 Å². The number of halogens is 1. The van der Waals surface area contributed by atoms with E-state index in [0.29, 0.717) is 11.3 Å². The van der Waals surface area contributed by atoms with Crippen molar-refractivity contribution in [3.05, 3.63) is 68.7 Å². The van der Waals surface area contributed by atoms with Gasteiger partial charge in [-0.1, -0.05) is 17.7 Å². The summed E-state index contributed by atoms with van der Waals surface area (Å²) in [4.78, 5) is 46.5. The normalized spacial score (nSPS) is 12.7. The Balaban J connectivity index is 1.58. The molecule has 0 bridgehead atoms. The molecule has 0 radical (unpaired) electrons. The zero-order chi connectivity index (χ0) is 21.0. The molecule has 0 atom stereocenters. The molecule has 3 rings (SSSR count). The topological polar surface area (TPSA) is 128 Å². The van der Waals surface area contributed by atoms with Gasteiger partial charge in [0.1, 0.15) is 5.56 Å². The predicted octanol–water partition coefficient (Wildman–Crippen LogP) is 2.94. The monoisotopic (exact) mass is 417 g/mol. The number of carbonyl (C=O) groups is 3. The first-order chi connectivity index (χ1) is 13.8. The van der Waals surface area contributed by atoms with E-state index in [-0.39, 0.29) is 22.5 Å². The summed E-state index contributed by atoms with van der Waals surface area (Å²) in [5, 5.41) is 16.5. The molecule has 0 aromatic heterocycles. The molecule has 0 spiro atoms. The van der Waals surface area contributed by atoms with E-state index in [4.69, 9.17) is 16.3 Å². The number of anilines is 1. The van der Waals surface area contributed by atoms with Crippen molar-refractivity contribution in [2.45, 2.75) is 18.9 Å². The molecule has 1 saturated carbocycles. The number of hydrogen-bond acceptors (Lipinski definition) is 6. The van der Waals surface area contributed by atoms with Gasteiger partial charge in [0.25, 0.3) is 17.5 Å². The summed E-state index contributed by atoms with van der Waals surface area (Å²) < 4.78 is 4.85. The van der Waals surface area contributed by atoms with Crippen LogP contribution in [0.5, 0.6) is 0 Å². The molecule has 29 heavy (non-hydrogen) atoms. The van der Waals surface area contributed by atoms with Crippen LogP contribution in [0.1, 0.15) is 33.6 Å². The fourth-order valence-electron chi connectivity index (χ4n) is 2.47. The summed E-state index contributed by atoms with van der Waals surface area (Å²) in [5.74, 6) is -1.92. The van der Waals surface area contributed by atoms with E-state index in [1.807, 2.05) is 0 Å². The Kier molecular flexibility index (Phi) is 6.08. The molecule has 1 aliphatic rings. The molecule has 2 aromatic carbocycles. The molecule has 9 nitrogen and oxygen atoms in total. The molecule has 150 valence electrons. The van der Waals surface area contributed by atoms with Gasteiger partial charge in [0.15, 0.2) is 6.61 Å². The van der Waals surface area contributed by atoms with E-state index in [9.17, 15) is 24.5 Å². The number of hydrogen-bond donors (Lipinski definition) is 2. The van der Waals surface area contributed by atoms with Crippen LogP contribution in [0.15, 0.2) is 42.5 Å². The number of amides is 2. The first-order valence-electron chi connectivity index (χ1n) is 8.65. The number of rotatable bonds is 7. The minimum absolute atomic E-state index is 0.0941. The maximum atomic E-state index is 12.1. The molecule has 0 saturated heterocycles. The molecule has 2 N–H and O–H groups in total. The van der Waals surface area contributed by atoms with Gasteiger partial charge in [-0.05, 0) is 43.2 Å². The van der Waals surface area contributed by atoms with Crippen molar-refractivity contribution >= 4 is 40.8 Å². The Bertz CT molecular complexity index is 990. The number of benzene rings is 2. The number of nitrogens with zero attached hydrogens (tertiary/aromatic N) is 1. The summed E-state index contributed by atoms with van der Waals surface area (Å²) >= 11 is 5.70. The Morgan fingerprint density at radius 3 is 2.62 bits per heavy atom. The van der Waals surface area contributed by atoms with Crippen molar-refractivity contribution in [3.8, 4) is 0 Å². The van der Waals surface area contributed by atoms with Gasteiger partial charge in [-0.25, -0.2) is 4.79 Å². The third-order valence-corrected chi connectivity index (χ3v) is 4.27. The summed E-state index contributed by atoms with van der Waals surface area (Å²) in [6.45, 7) is -0.656. The van der Waals surface area contributed by atoms with E-state index in [2.05, 4.69) is 10.6 Å². The Hall–Kier alpha value is -3.46. The van der Waals surface area contributed by atoms with Gasteiger partial charge in [0, 0.05) is 28.4 Å². The quantitative estimate of drug-likeness (QED) is 0.405. The van der Waals surface area contributed by atoms with Gasteiger partial charge in [-0.15, -0.1) is 0 Å². The minimum Gasteiger partial charge on any atom is -0.452 e. The number of ether oxygens (including phenoxy) is 1. The molecule has 2 amide bonds. The van der Waals surface area contributed by atoms with Crippen LogP contribution < -0.4 is 10.6 Å². The summed E-state index contributed by atoms with van der Waals surface area (Å²) in [5.41, 5.74) is -0.0846. The Morgan fingerprint density at radius 1 is 1.17 bits per heavy atom. The van der Waals surface area contributed by atoms with Crippen molar-refractivity contribution < 1.29 is 24.0 Å². The smallest absolute Gasteiger partial charge is 0.345 e. The maximum absolute atomic E-state index is 12.1. The van der Waals surface area contributed by atoms with Crippen molar-refractivity contribution in [1.82, 2.24) is 5.32 Å². The molecular weight excluding hydrogens is 402 g/mol. The van der Waals surface area contributed by atoms with Crippen molar-refractivity contribution in [3.63, 3.8) is 0 Å². The van der Waals surface area contributed by atoms with E-state index < -0.39 is 29.1 Å². The maximum Gasteiger partial charge on any atom is 0.345 e. The average Bonchev–Trinajstić information content (AvgIpc) is 3.50. The summed E-state index contributed by atoms with van der Waals surface area (Å²) in [7, 11) is 0. The van der Waals surface area contributed by atoms with Gasteiger partial charge in [0.05, 0.1) is 4.92 Å². The lowest BCUT2D eigenvalue weighted by atomic mass is 10.2. The minimum atomic E-state index is -1.03. The van der Waals surface area contributed by atoms with E-state index in [1.54, 1.807) is 18.2 Å². The standard InChI is InChI=1S/C19H16ClN3O6/c20-12-4-7-15(16(9-12)23(27)28)19(26)29-10-17(24)21-14-3-1-2-11(8-14)18(25)22-13-5-6-13/h1-4,7-9,13H,5-6,10H2,(H,21,24)(H,22,25). The predicted molar refractivity (Wildman–Crippen MR) is 104 cm³/mol. The molecular formula is C19H16ClN3O6. The van der Waals surface area contributed by atoms with Crippen LogP contribution in [0, 0.1) is 10.1 Å². The van der Waals surface area contributed by atoms with Crippen LogP contribution >= 0.6 is 11.6 Å². The lowest BCUT2D eigenvalue weighted by molar-refractivity contribution is -0.385. The molecule has 0 aliphatic heterocycles. The third-order valence-electron chi connectivity index (χ3n) is 4.03. The highest BCUT2D eigenvalue weighted by Crippen LogP contribution is 2.24. The number of carbonyl (C=O) groups excluding carboxylic acids is 3. The molecule has 1 fully saturated rings. The first-order valence-corrected chi connectivity index (χ1v) is 9.03. The van der Waals surface area contributed by atoms with Crippen molar-refractivity contribution in [1.29, 1.82) is 0 Å². The van der Waals surface area contributed by atoms with E-state index in [1.165, 1.54) is 12.1 Å². The highest BCUT2D eigenvalue weighted by Gasteiger charge is 2.24.